The summed E-state index contributed by atoms with van der Waals surface area (Å²) in [5.74, 6) is 9.63. The molecule has 2 aliphatic carbocycles. The van der Waals surface area contributed by atoms with Crippen molar-refractivity contribution in [1.82, 2.24) is 4.90 Å². The zero-order valence-electron chi connectivity index (χ0n) is 31.9. The van der Waals surface area contributed by atoms with E-state index in [1.165, 1.54) is 63.4 Å². The van der Waals surface area contributed by atoms with Gasteiger partial charge in [-0.15, -0.1) is 6.58 Å². The van der Waals surface area contributed by atoms with Crippen LogP contribution in [0.2, 0.25) is 0 Å². The predicted molar refractivity (Wildman–Crippen MR) is 194 cm³/mol. The SMILES string of the molecule is C=CC(C)C(CC1CC(C)C(C)C(C)C1)C(C)[C@@H](CC1CC(C)CC(N(C)C)C1)C(C)(C)CC(C)C(=C)[C@H](C)[C@@H](C)CC. The average molecular weight is 598 g/mol. The van der Waals surface area contributed by atoms with Gasteiger partial charge < -0.3 is 4.90 Å². The van der Waals surface area contributed by atoms with Gasteiger partial charge in [0.05, 0.1) is 0 Å². The summed E-state index contributed by atoms with van der Waals surface area (Å²) < 4.78 is 0. The third-order valence-corrected chi connectivity index (χ3v) is 14.1. The van der Waals surface area contributed by atoms with Crippen LogP contribution in [0.3, 0.4) is 0 Å². The van der Waals surface area contributed by atoms with Gasteiger partial charge in [-0.1, -0.05) is 108 Å². The van der Waals surface area contributed by atoms with Crippen molar-refractivity contribution in [1.29, 1.82) is 0 Å². The van der Waals surface area contributed by atoms with Crippen molar-refractivity contribution in [2.45, 2.75) is 147 Å². The van der Waals surface area contributed by atoms with Gasteiger partial charge in [-0.2, -0.15) is 0 Å². The maximum absolute atomic E-state index is 4.72. The van der Waals surface area contributed by atoms with E-state index in [1.807, 2.05) is 0 Å². The lowest BCUT2D eigenvalue weighted by Gasteiger charge is -2.48. The van der Waals surface area contributed by atoms with E-state index in [0.717, 1.165) is 41.5 Å². The molecule has 1 nitrogen and oxygen atoms in total. The quantitative estimate of drug-likeness (QED) is 0.160. The number of allylic oxidation sites excluding steroid dienone is 2. The first-order chi connectivity index (χ1) is 19.9. The molecule has 0 radical (unpaired) electrons. The van der Waals surface area contributed by atoms with Crippen LogP contribution in [0.4, 0.5) is 0 Å². The maximum atomic E-state index is 4.72. The largest absolute Gasteiger partial charge is 0.306 e. The van der Waals surface area contributed by atoms with E-state index < -0.39 is 0 Å². The van der Waals surface area contributed by atoms with Crippen molar-refractivity contribution in [3.05, 3.63) is 24.8 Å². The number of nitrogens with zero attached hydrogens (tertiary/aromatic N) is 1. The van der Waals surface area contributed by atoms with Crippen molar-refractivity contribution in [2.75, 3.05) is 14.1 Å². The molecule has 0 heterocycles. The van der Waals surface area contributed by atoms with Crippen molar-refractivity contribution in [3.63, 3.8) is 0 Å². The Balaban J connectivity index is 2.42. The predicted octanol–water partition coefficient (Wildman–Crippen LogP) is 12.4. The summed E-state index contributed by atoms with van der Waals surface area (Å²) in [6.45, 7) is 39.3. The van der Waals surface area contributed by atoms with Gasteiger partial charge in [-0.3, -0.25) is 0 Å². The Hall–Kier alpha value is -0.560. The van der Waals surface area contributed by atoms with E-state index in [4.69, 9.17) is 6.58 Å². The van der Waals surface area contributed by atoms with Crippen LogP contribution < -0.4 is 0 Å². The number of rotatable bonds is 16. The van der Waals surface area contributed by atoms with Crippen LogP contribution in [0.15, 0.2) is 24.8 Å². The zero-order chi connectivity index (χ0) is 32.8. The second kappa shape index (κ2) is 16.8. The average Bonchev–Trinajstić information content (AvgIpc) is 2.94. The first-order valence-corrected chi connectivity index (χ1v) is 18.9. The molecule has 9 unspecified atom stereocenters. The van der Waals surface area contributed by atoms with Gasteiger partial charge >= 0.3 is 0 Å². The van der Waals surface area contributed by atoms with E-state index in [1.54, 1.807) is 0 Å². The molecule has 0 N–H and O–H groups in total. The van der Waals surface area contributed by atoms with E-state index in [9.17, 15) is 0 Å². The molecule has 0 aromatic carbocycles. The number of hydrogen-bond donors (Lipinski definition) is 0. The van der Waals surface area contributed by atoms with Gasteiger partial charge in [0.25, 0.3) is 0 Å². The molecular formula is C42H79N. The molecule has 0 aliphatic heterocycles. The molecule has 43 heavy (non-hydrogen) atoms. The summed E-state index contributed by atoms with van der Waals surface area (Å²) in [6.07, 6.45) is 14.6. The third-order valence-electron chi connectivity index (χ3n) is 14.1. The van der Waals surface area contributed by atoms with Gasteiger partial charge in [-0.05, 0) is 148 Å². The lowest BCUT2D eigenvalue weighted by Crippen LogP contribution is -2.41. The van der Waals surface area contributed by atoms with Crippen LogP contribution in [-0.2, 0) is 0 Å². The first-order valence-electron chi connectivity index (χ1n) is 18.9. The van der Waals surface area contributed by atoms with E-state index in [2.05, 4.69) is 115 Å². The second-order valence-corrected chi connectivity index (χ2v) is 18.0. The molecule has 0 saturated heterocycles. The van der Waals surface area contributed by atoms with Gasteiger partial charge in [0, 0.05) is 6.04 Å². The van der Waals surface area contributed by atoms with Crippen LogP contribution >= 0.6 is 0 Å². The first kappa shape index (κ1) is 38.6. The fraction of sp³-hybridized carbons (Fsp3) is 0.905. The molecule has 2 rings (SSSR count). The van der Waals surface area contributed by atoms with Crippen LogP contribution in [0.5, 0.6) is 0 Å². The summed E-state index contributed by atoms with van der Waals surface area (Å²) in [5.41, 5.74) is 1.76. The Morgan fingerprint density at radius 3 is 1.93 bits per heavy atom. The highest BCUT2D eigenvalue weighted by molar-refractivity contribution is 5.07. The fourth-order valence-electron chi connectivity index (χ4n) is 10.3. The monoisotopic (exact) mass is 598 g/mol. The second-order valence-electron chi connectivity index (χ2n) is 18.0. The third kappa shape index (κ3) is 10.5. The van der Waals surface area contributed by atoms with Gasteiger partial charge in [0.1, 0.15) is 0 Å². The lowest BCUT2D eigenvalue weighted by molar-refractivity contribution is 0.0213. The minimum atomic E-state index is 0.270. The van der Waals surface area contributed by atoms with Crippen LogP contribution in [0, 0.1) is 82.3 Å². The summed E-state index contributed by atoms with van der Waals surface area (Å²) >= 11 is 0. The topological polar surface area (TPSA) is 3.24 Å². The minimum Gasteiger partial charge on any atom is -0.306 e. The summed E-state index contributed by atoms with van der Waals surface area (Å²) in [5, 5.41) is 0. The molecule has 0 aromatic heterocycles. The molecule has 12 atom stereocenters. The molecular weight excluding hydrogens is 518 g/mol. The molecule has 0 aromatic rings. The van der Waals surface area contributed by atoms with Crippen LogP contribution in [0.25, 0.3) is 0 Å². The summed E-state index contributed by atoms with van der Waals surface area (Å²) in [4.78, 5) is 2.52. The summed E-state index contributed by atoms with van der Waals surface area (Å²) in [7, 11) is 4.62. The maximum Gasteiger partial charge on any atom is 0.00943 e. The normalized spacial score (nSPS) is 33.7. The highest BCUT2D eigenvalue weighted by Gasteiger charge is 2.43. The molecule has 2 fully saturated rings. The molecule has 0 bridgehead atoms. The van der Waals surface area contributed by atoms with Gasteiger partial charge in [0.15, 0.2) is 0 Å². The molecule has 2 aliphatic rings. The Morgan fingerprint density at radius 2 is 1.42 bits per heavy atom. The Kier molecular flexibility index (Phi) is 15.1. The smallest absolute Gasteiger partial charge is 0.00943 e. The fourth-order valence-corrected chi connectivity index (χ4v) is 10.3. The Morgan fingerprint density at radius 1 is 0.860 bits per heavy atom. The standard InChI is InChI=1S/C42H79N/c1-17-28(4)34(10)35(11)32(8)26-42(13,14)41(25-37-19-27(3)20-39(23-37)43(15)16)36(12)40(29(5)18-2)24-38-21-30(6)33(9)31(7)22-38/h18,27-34,36-41H,2,11,17,19-26H2,1,3-10,12-16H3/t27?,28-,29?,30?,31?,32?,33?,34+,36?,37?,38?,39?,40?,41+/m0/s1. The van der Waals surface area contributed by atoms with Crippen molar-refractivity contribution < 1.29 is 0 Å². The molecule has 252 valence electrons. The van der Waals surface area contributed by atoms with E-state index >= 15 is 0 Å². The number of hydrogen-bond acceptors (Lipinski definition) is 1. The highest BCUT2D eigenvalue weighted by atomic mass is 15.1. The van der Waals surface area contributed by atoms with E-state index in [-0.39, 0.29) is 5.41 Å². The molecule has 1 heteroatoms. The van der Waals surface area contributed by atoms with E-state index in [0.29, 0.717) is 41.4 Å². The minimum absolute atomic E-state index is 0.270. The molecule has 0 amide bonds. The molecule has 2 saturated carbocycles. The summed E-state index contributed by atoms with van der Waals surface area (Å²) in [6, 6.07) is 0.734. The molecule has 0 spiro atoms. The van der Waals surface area contributed by atoms with Crippen molar-refractivity contribution >= 4 is 0 Å². The van der Waals surface area contributed by atoms with Gasteiger partial charge in [0.2, 0.25) is 0 Å². The van der Waals surface area contributed by atoms with Crippen LogP contribution in [-0.4, -0.2) is 25.0 Å². The van der Waals surface area contributed by atoms with Gasteiger partial charge in [-0.25, -0.2) is 0 Å². The highest BCUT2D eigenvalue weighted by Crippen LogP contribution is 2.51. The zero-order valence-corrected chi connectivity index (χ0v) is 31.9. The van der Waals surface area contributed by atoms with Crippen molar-refractivity contribution in [3.8, 4) is 0 Å². The Bertz CT molecular complexity index is 826. The van der Waals surface area contributed by atoms with Crippen LogP contribution in [0.1, 0.15) is 141 Å². The van der Waals surface area contributed by atoms with Crippen molar-refractivity contribution in [2.24, 2.45) is 82.3 Å². The lowest BCUT2D eigenvalue weighted by atomic mass is 9.57. The Labute approximate surface area is 272 Å².